The van der Waals surface area contributed by atoms with Crippen LogP contribution in [0.25, 0.3) is 0 Å². The second kappa shape index (κ2) is 15.1. The van der Waals surface area contributed by atoms with Gasteiger partial charge >= 0.3 is 23.6 Å². The lowest BCUT2D eigenvalue weighted by Crippen LogP contribution is -2.40. The van der Waals surface area contributed by atoms with Crippen molar-refractivity contribution in [3.05, 3.63) is 66.2 Å². The van der Waals surface area contributed by atoms with E-state index in [1.165, 1.54) is 0 Å². The Bertz CT molecular complexity index is 1440. The van der Waals surface area contributed by atoms with Crippen LogP contribution >= 0.6 is 0 Å². The molecular weight excluding hydrogens is 612 g/mol. The van der Waals surface area contributed by atoms with Crippen molar-refractivity contribution >= 4 is 12.2 Å². The molecule has 2 aromatic heterocycles. The van der Waals surface area contributed by atoms with Gasteiger partial charge in [-0.3, -0.25) is 28.7 Å². The van der Waals surface area contributed by atoms with E-state index in [0.717, 1.165) is 33.7 Å². The number of nitrogens with one attached hydrogen (secondary N) is 4. The molecule has 248 valence electrons. The third-order valence-electron chi connectivity index (χ3n) is 6.74. The van der Waals surface area contributed by atoms with Crippen LogP contribution in [0.4, 0.5) is 9.59 Å². The Kier molecular flexibility index (Phi) is 11.2. The quantitative estimate of drug-likeness (QED) is 0.100. The van der Waals surface area contributed by atoms with Gasteiger partial charge in [0.25, 0.3) is 11.1 Å². The second-order valence-electron chi connectivity index (χ2n) is 9.77. The number of alkyl carbamates (subject to hydrolysis) is 2. The summed E-state index contributed by atoms with van der Waals surface area (Å²) in [5.41, 5.74) is -3.00. The molecule has 2 saturated heterocycles. The molecule has 2 amide bonds. The lowest BCUT2D eigenvalue weighted by atomic mass is 10.1. The molecule has 8 N–H and O–H groups in total. The number of hydrogen-bond acceptors (Lipinski definition) is 15. The maximum absolute atomic E-state index is 11.9. The Hall–Kier alpha value is -4.38. The SMILES string of the molecule is O=C(NC[C@H]1O[C@@H](n2ccc(=O)[nH]c2=O)[C@H](O)[C@@H]1O)OCCOCCOC(=O)NC[C@H]1O[C@@H](n2ccc(=O)[nH]c2=O)[C@H](O)[C@@H]1O. The zero-order chi connectivity index (χ0) is 32.7. The second-order valence-corrected chi connectivity index (χ2v) is 9.77. The monoisotopic (exact) mass is 644 g/mol. The molecule has 21 heteroatoms. The van der Waals surface area contributed by atoms with E-state index >= 15 is 0 Å². The van der Waals surface area contributed by atoms with E-state index in [2.05, 4.69) is 10.6 Å². The Morgan fingerprint density at radius 1 is 0.689 bits per heavy atom. The number of ether oxygens (including phenoxy) is 5. The molecule has 0 saturated carbocycles. The molecule has 4 rings (SSSR count). The first kappa shape index (κ1) is 33.5. The van der Waals surface area contributed by atoms with E-state index in [-0.39, 0.29) is 39.5 Å². The van der Waals surface area contributed by atoms with Gasteiger partial charge < -0.3 is 54.7 Å². The average molecular weight is 645 g/mol. The van der Waals surface area contributed by atoms with Crippen molar-refractivity contribution in [3.63, 3.8) is 0 Å². The number of H-pyrrole nitrogens is 2. The molecule has 0 aliphatic carbocycles. The van der Waals surface area contributed by atoms with Crippen LogP contribution in [0.5, 0.6) is 0 Å². The highest BCUT2D eigenvalue weighted by atomic mass is 16.6. The fraction of sp³-hybridized carbons (Fsp3) is 0.583. The Morgan fingerprint density at radius 3 is 1.47 bits per heavy atom. The summed E-state index contributed by atoms with van der Waals surface area (Å²) in [7, 11) is 0. The predicted octanol–water partition coefficient (Wildman–Crippen LogP) is -5.21. The van der Waals surface area contributed by atoms with Crippen LogP contribution in [0.3, 0.4) is 0 Å². The maximum atomic E-state index is 11.9. The number of nitrogens with zero attached hydrogens (tertiary/aromatic N) is 2. The fourth-order valence-corrected chi connectivity index (χ4v) is 4.47. The number of hydrogen-bond donors (Lipinski definition) is 8. The average Bonchev–Trinajstić information content (AvgIpc) is 3.43. The number of aromatic nitrogens is 4. The molecule has 0 unspecified atom stereocenters. The van der Waals surface area contributed by atoms with Crippen LogP contribution in [0, 0.1) is 0 Å². The van der Waals surface area contributed by atoms with E-state index in [9.17, 15) is 49.2 Å². The van der Waals surface area contributed by atoms with Gasteiger partial charge in [-0.05, 0) is 0 Å². The third-order valence-corrected chi connectivity index (χ3v) is 6.74. The summed E-state index contributed by atoms with van der Waals surface area (Å²) < 4.78 is 27.8. The minimum absolute atomic E-state index is 0.0671. The molecular formula is C24H32N6O15. The lowest BCUT2D eigenvalue weighted by molar-refractivity contribution is -0.0393. The van der Waals surface area contributed by atoms with Crippen molar-refractivity contribution in [2.24, 2.45) is 0 Å². The van der Waals surface area contributed by atoms with Crippen molar-refractivity contribution < 1.29 is 53.7 Å². The number of rotatable bonds is 12. The molecule has 2 fully saturated rings. The van der Waals surface area contributed by atoms with Gasteiger partial charge in [0.05, 0.1) is 13.2 Å². The van der Waals surface area contributed by atoms with Crippen LogP contribution in [0.15, 0.2) is 43.7 Å². The van der Waals surface area contributed by atoms with Crippen molar-refractivity contribution in [2.45, 2.75) is 49.1 Å². The van der Waals surface area contributed by atoms with Gasteiger partial charge in [0.1, 0.15) is 49.8 Å². The highest BCUT2D eigenvalue weighted by Gasteiger charge is 2.45. The molecule has 45 heavy (non-hydrogen) atoms. The molecule has 2 aromatic rings. The zero-order valence-corrected chi connectivity index (χ0v) is 23.3. The van der Waals surface area contributed by atoms with Crippen LogP contribution in [-0.2, 0) is 23.7 Å². The van der Waals surface area contributed by atoms with Gasteiger partial charge in [-0.2, -0.15) is 0 Å². The topological polar surface area (TPSA) is 295 Å². The van der Waals surface area contributed by atoms with Crippen LogP contribution in [0.2, 0.25) is 0 Å². The van der Waals surface area contributed by atoms with Crippen LogP contribution in [-0.4, -0.2) is 128 Å². The highest BCUT2D eigenvalue weighted by molar-refractivity contribution is 5.67. The van der Waals surface area contributed by atoms with E-state index in [4.69, 9.17) is 23.7 Å². The zero-order valence-electron chi connectivity index (χ0n) is 23.3. The summed E-state index contributed by atoms with van der Waals surface area (Å²) in [4.78, 5) is 74.2. The molecule has 8 atom stereocenters. The number of aliphatic hydroxyl groups is 4. The third kappa shape index (κ3) is 8.42. The van der Waals surface area contributed by atoms with E-state index in [1.54, 1.807) is 0 Å². The maximum Gasteiger partial charge on any atom is 0.407 e. The predicted molar refractivity (Wildman–Crippen MR) is 144 cm³/mol. The van der Waals surface area contributed by atoms with Crippen molar-refractivity contribution in [1.29, 1.82) is 0 Å². The van der Waals surface area contributed by atoms with Crippen molar-refractivity contribution in [2.75, 3.05) is 39.5 Å². The lowest BCUT2D eigenvalue weighted by Gasteiger charge is -2.16. The first-order chi connectivity index (χ1) is 21.5. The normalized spacial score (nSPS) is 27.6. The molecule has 21 nitrogen and oxygen atoms in total. The molecule has 0 radical (unpaired) electrons. The summed E-state index contributed by atoms with van der Waals surface area (Å²) in [5, 5.41) is 45.5. The molecule has 2 aliphatic rings. The smallest absolute Gasteiger partial charge is 0.407 e. The minimum Gasteiger partial charge on any atom is -0.447 e. The number of carbonyl (C=O) groups excluding carboxylic acids is 2. The largest absolute Gasteiger partial charge is 0.447 e. The Labute approximate surface area is 250 Å². The summed E-state index contributed by atoms with van der Waals surface area (Å²) in [6, 6.07) is 2.09. The van der Waals surface area contributed by atoms with E-state index in [0.29, 0.717) is 0 Å². The molecule has 0 aromatic carbocycles. The Morgan fingerprint density at radius 2 is 1.09 bits per heavy atom. The summed E-state index contributed by atoms with van der Waals surface area (Å²) in [6.45, 7) is -1.07. The number of carbonyl (C=O) groups is 2. The first-order valence-electron chi connectivity index (χ1n) is 13.5. The van der Waals surface area contributed by atoms with Gasteiger partial charge in [-0.25, -0.2) is 19.2 Å². The van der Waals surface area contributed by atoms with Crippen molar-refractivity contribution in [3.8, 4) is 0 Å². The van der Waals surface area contributed by atoms with Gasteiger partial charge in [-0.1, -0.05) is 0 Å². The van der Waals surface area contributed by atoms with Crippen LogP contribution in [0.1, 0.15) is 12.5 Å². The fourth-order valence-electron chi connectivity index (χ4n) is 4.47. The molecule has 2 aliphatic heterocycles. The van der Waals surface area contributed by atoms with Gasteiger partial charge in [0.15, 0.2) is 12.5 Å². The van der Waals surface area contributed by atoms with Crippen molar-refractivity contribution in [1.82, 2.24) is 29.7 Å². The number of aromatic amines is 2. The molecule has 4 heterocycles. The highest BCUT2D eigenvalue weighted by Crippen LogP contribution is 2.28. The summed E-state index contributed by atoms with van der Waals surface area (Å²) in [6.07, 6.45) is -10.3. The summed E-state index contributed by atoms with van der Waals surface area (Å²) in [5.74, 6) is 0. The van der Waals surface area contributed by atoms with E-state index in [1.807, 2.05) is 9.97 Å². The standard InChI is InChI=1S/C24H32N6O15/c31-13-1-3-29(21(37)27-13)19-17(35)15(33)11(44-19)9-25-23(39)42-7-5-41-6-8-43-24(40)26-10-12-16(34)18(36)20(45-12)30-4-2-14(32)28-22(30)38/h1-4,11-12,15-20,33-36H,5-10H2,(H,25,39)(H,26,40)(H,27,31,37)(H,28,32,38)/t11-,12-,15-,16-,17-,18-,19-,20-/m1/s1. The minimum atomic E-state index is -1.52. The van der Waals surface area contributed by atoms with Gasteiger partial charge in [0.2, 0.25) is 0 Å². The van der Waals surface area contributed by atoms with Gasteiger partial charge in [-0.15, -0.1) is 0 Å². The number of aliphatic hydroxyl groups excluding tert-OH is 4. The van der Waals surface area contributed by atoms with Gasteiger partial charge in [0, 0.05) is 37.6 Å². The number of amides is 2. The molecule has 0 bridgehead atoms. The van der Waals surface area contributed by atoms with Crippen LogP contribution < -0.4 is 33.1 Å². The Balaban J connectivity index is 1.06. The molecule has 0 spiro atoms. The van der Waals surface area contributed by atoms with E-state index < -0.39 is 83.8 Å². The summed E-state index contributed by atoms with van der Waals surface area (Å²) >= 11 is 0. The first-order valence-corrected chi connectivity index (χ1v) is 13.5.